The Morgan fingerprint density at radius 1 is 1.35 bits per heavy atom. The fraction of sp³-hybridized carbons (Fsp3) is 0.353. The standard InChI is InChI=1S/C17H20N4O2/c1-9-8-21(10-4-11(18)15(16(19)23)20-7-10)12-5-17(2,3)6-13(22)14(9)12/h4,7-8H,5-6,18H2,1-3H3,(H2,19,23). The highest BCUT2D eigenvalue weighted by atomic mass is 16.1. The van der Waals surface area contributed by atoms with E-state index in [-0.39, 0.29) is 22.6 Å². The number of nitrogens with two attached hydrogens (primary N) is 2. The topological polar surface area (TPSA) is 104 Å². The van der Waals surface area contributed by atoms with Crippen molar-refractivity contribution in [1.82, 2.24) is 9.55 Å². The normalized spacial score (nSPS) is 16.2. The fourth-order valence-electron chi connectivity index (χ4n) is 3.32. The summed E-state index contributed by atoms with van der Waals surface area (Å²) in [6, 6.07) is 1.67. The highest BCUT2D eigenvalue weighted by molar-refractivity contribution is 6.00. The van der Waals surface area contributed by atoms with E-state index in [4.69, 9.17) is 11.5 Å². The Morgan fingerprint density at radius 2 is 2.04 bits per heavy atom. The van der Waals surface area contributed by atoms with E-state index in [2.05, 4.69) is 18.8 Å². The molecule has 0 bridgehead atoms. The van der Waals surface area contributed by atoms with Crippen LogP contribution in [0.5, 0.6) is 0 Å². The molecule has 4 N–H and O–H groups in total. The predicted octanol–water partition coefficient (Wildman–Crippen LogP) is 2.02. The molecule has 0 spiro atoms. The van der Waals surface area contributed by atoms with Crippen LogP contribution in [-0.2, 0) is 6.42 Å². The van der Waals surface area contributed by atoms with Gasteiger partial charge < -0.3 is 16.0 Å². The number of aryl methyl sites for hydroxylation is 1. The van der Waals surface area contributed by atoms with Crippen LogP contribution < -0.4 is 11.5 Å². The maximum Gasteiger partial charge on any atom is 0.269 e. The molecule has 0 aliphatic heterocycles. The molecule has 0 radical (unpaired) electrons. The van der Waals surface area contributed by atoms with Crippen LogP contribution in [0.3, 0.4) is 0 Å². The van der Waals surface area contributed by atoms with Crippen LogP contribution >= 0.6 is 0 Å². The van der Waals surface area contributed by atoms with Crippen molar-refractivity contribution in [3.8, 4) is 5.69 Å². The summed E-state index contributed by atoms with van der Waals surface area (Å²) in [5.74, 6) is -0.488. The molecule has 2 heterocycles. The number of ketones is 1. The molecular formula is C17H20N4O2. The van der Waals surface area contributed by atoms with Gasteiger partial charge >= 0.3 is 0 Å². The summed E-state index contributed by atoms with van der Waals surface area (Å²) in [5, 5.41) is 0. The summed E-state index contributed by atoms with van der Waals surface area (Å²) < 4.78 is 1.94. The number of fused-ring (bicyclic) bond motifs is 1. The number of hydrogen-bond donors (Lipinski definition) is 2. The van der Waals surface area contributed by atoms with Crippen molar-refractivity contribution in [3.05, 3.63) is 41.0 Å². The van der Waals surface area contributed by atoms with Gasteiger partial charge in [-0.3, -0.25) is 9.59 Å². The lowest BCUT2D eigenvalue weighted by atomic mass is 9.75. The molecule has 2 aromatic rings. The van der Waals surface area contributed by atoms with Crippen LogP contribution in [-0.4, -0.2) is 21.2 Å². The molecule has 1 aliphatic carbocycles. The second-order valence-electron chi connectivity index (χ2n) is 6.94. The van der Waals surface area contributed by atoms with Crippen molar-refractivity contribution in [1.29, 1.82) is 0 Å². The molecular weight excluding hydrogens is 292 g/mol. The molecule has 0 aromatic carbocycles. The average Bonchev–Trinajstić information content (AvgIpc) is 2.73. The minimum atomic E-state index is -0.656. The van der Waals surface area contributed by atoms with E-state index in [0.29, 0.717) is 6.42 Å². The molecule has 0 saturated carbocycles. The number of hydrogen-bond acceptors (Lipinski definition) is 4. The zero-order chi connectivity index (χ0) is 16.9. The van der Waals surface area contributed by atoms with Crippen molar-refractivity contribution in [2.75, 3.05) is 5.73 Å². The van der Waals surface area contributed by atoms with E-state index in [9.17, 15) is 9.59 Å². The average molecular weight is 312 g/mol. The Labute approximate surface area is 134 Å². The summed E-state index contributed by atoms with van der Waals surface area (Å²) in [6.07, 6.45) is 4.82. The lowest BCUT2D eigenvalue weighted by Gasteiger charge is -2.30. The van der Waals surface area contributed by atoms with Gasteiger partial charge in [-0.15, -0.1) is 0 Å². The molecule has 6 nitrogen and oxygen atoms in total. The number of aromatic nitrogens is 2. The van der Waals surface area contributed by atoms with Crippen LogP contribution in [0.15, 0.2) is 18.5 Å². The first-order valence-corrected chi connectivity index (χ1v) is 7.49. The highest BCUT2D eigenvalue weighted by Crippen LogP contribution is 2.38. The SMILES string of the molecule is Cc1cn(-c2cnc(C(N)=O)c(N)c2)c2c1C(=O)CC(C)(C)C2. The second-order valence-corrected chi connectivity index (χ2v) is 6.94. The lowest BCUT2D eigenvalue weighted by molar-refractivity contribution is 0.0909. The van der Waals surface area contributed by atoms with Crippen molar-refractivity contribution < 1.29 is 9.59 Å². The molecule has 1 amide bonds. The van der Waals surface area contributed by atoms with Crippen LogP contribution in [0.2, 0.25) is 0 Å². The molecule has 6 heteroatoms. The third-order valence-electron chi connectivity index (χ3n) is 4.27. The van der Waals surface area contributed by atoms with E-state index < -0.39 is 5.91 Å². The Morgan fingerprint density at radius 3 is 2.65 bits per heavy atom. The number of nitrogens with zero attached hydrogens (tertiary/aromatic N) is 2. The van der Waals surface area contributed by atoms with Crippen LogP contribution in [0.1, 0.15) is 52.4 Å². The Hall–Kier alpha value is -2.63. The minimum Gasteiger partial charge on any atom is -0.397 e. The van der Waals surface area contributed by atoms with Crippen molar-refractivity contribution in [2.45, 2.75) is 33.6 Å². The maximum atomic E-state index is 12.5. The number of carbonyl (C=O) groups excluding carboxylic acids is 2. The molecule has 3 rings (SSSR count). The zero-order valence-corrected chi connectivity index (χ0v) is 13.5. The Kier molecular flexibility index (Phi) is 3.28. The van der Waals surface area contributed by atoms with Gasteiger partial charge in [-0.25, -0.2) is 4.98 Å². The number of carbonyl (C=O) groups is 2. The monoisotopic (exact) mass is 312 g/mol. The Balaban J connectivity index is 2.16. The van der Waals surface area contributed by atoms with Gasteiger partial charge in [-0.1, -0.05) is 13.8 Å². The number of anilines is 1. The number of Topliss-reactive ketones (excluding diaryl/α,β-unsaturated/α-hetero) is 1. The second kappa shape index (κ2) is 4.94. The molecule has 23 heavy (non-hydrogen) atoms. The summed E-state index contributed by atoms with van der Waals surface area (Å²) >= 11 is 0. The van der Waals surface area contributed by atoms with Gasteiger partial charge in [0.25, 0.3) is 5.91 Å². The molecule has 1 aliphatic rings. The number of nitrogen functional groups attached to an aromatic ring is 1. The third-order valence-corrected chi connectivity index (χ3v) is 4.27. The maximum absolute atomic E-state index is 12.5. The molecule has 0 saturated heterocycles. The number of amides is 1. The number of pyridine rings is 1. The van der Waals surface area contributed by atoms with Gasteiger partial charge in [0, 0.05) is 23.9 Å². The number of rotatable bonds is 2. The van der Waals surface area contributed by atoms with Gasteiger partial charge in [0.15, 0.2) is 11.5 Å². The first-order valence-electron chi connectivity index (χ1n) is 7.49. The predicted molar refractivity (Wildman–Crippen MR) is 87.7 cm³/mol. The Bertz CT molecular complexity index is 833. The molecule has 2 aromatic heterocycles. The largest absolute Gasteiger partial charge is 0.397 e. The van der Waals surface area contributed by atoms with E-state index in [1.165, 1.54) is 0 Å². The van der Waals surface area contributed by atoms with Crippen molar-refractivity contribution in [3.63, 3.8) is 0 Å². The van der Waals surface area contributed by atoms with Gasteiger partial charge in [0.05, 0.1) is 17.6 Å². The third kappa shape index (κ3) is 2.50. The first kappa shape index (κ1) is 15.3. The van der Waals surface area contributed by atoms with E-state index >= 15 is 0 Å². The van der Waals surface area contributed by atoms with E-state index in [0.717, 1.165) is 28.9 Å². The van der Waals surface area contributed by atoms with Crippen molar-refractivity contribution >= 4 is 17.4 Å². The quantitative estimate of drug-likeness (QED) is 0.885. The number of primary amides is 1. The summed E-state index contributed by atoms with van der Waals surface area (Å²) in [5.41, 5.74) is 14.8. The lowest BCUT2D eigenvalue weighted by Crippen LogP contribution is -2.28. The van der Waals surface area contributed by atoms with Crippen LogP contribution in [0, 0.1) is 12.3 Å². The summed E-state index contributed by atoms with van der Waals surface area (Å²) in [4.78, 5) is 27.8. The fourth-order valence-corrected chi connectivity index (χ4v) is 3.32. The minimum absolute atomic E-state index is 0.0582. The first-order chi connectivity index (χ1) is 10.7. The van der Waals surface area contributed by atoms with Gasteiger partial charge in [0.1, 0.15) is 0 Å². The van der Waals surface area contributed by atoms with Crippen molar-refractivity contribution in [2.24, 2.45) is 11.1 Å². The van der Waals surface area contributed by atoms with Gasteiger partial charge in [0.2, 0.25) is 0 Å². The summed E-state index contributed by atoms with van der Waals surface area (Å²) in [6.45, 7) is 6.10. The van der Waals surface area contributed by atoms with Crippen LogP contribution in [0.25, 0.3) is 5.69 Å². The zero-order valence-electron chi connectivity index (χ0n) is 13.5. The molecule has 0 unspecified atom stereocenters. The molecule has 120 valence electrons. The molecule has 0 fully saturated rings. The van der Waals surface area contributed by atoms with Gasteiger partial charge in [-0.2, -0.15) is 0 Å². The summed E-state index contributed by atoms with van der Waals surface area (Å²) in [7, 11) is 0. The van der Waals surface area contributed by atoms with E-state index in [1.807, 2.05) is 17.7 Å². The van der Waals surface area contributed by atoms with E-state index in [1.54, 1.807) is 12.3 Å². The van der Waals surface area contributed by atoms with Crippen LogP contribution in [0.4, 0.5) is 5.69 Å². The highest BCUT2D eigenvalue weighted by Gasteiger charge is 2.34. The molecule has 0 atom stereocenters. The smallest absolute Gasteiger partial charge is 0.269 e. The van der Waals surface area contributed by atoms with Gasteiger partial charge in [-0.05, 0) is 30.4 Å².